The zero-order valence-corrected chi connectivity index (χ0v) is 20.7. The zero-order valence-electron chi connectivity index (χ0n) is 20.7. The number of halogens is 2. The molecule has 0 saturated heterocycles. The van der Waals surface area contributed by atoms with Gasteiger partial charge in [-0.2, -0.15) is 0 Å². The molecular weight excluding hydrogens is 410 g/mol. The van der Waals surface area contributed by atoms with Crippen LogP contribution >= 0.6 is 0 Å². The van der Waals surface area contributed by atoms with Gasteiger partial charge in [0.1, 0.15) is 6.61 Å². The van der Waals surface area contributed by atoms with Crippen molar-refractivity contribution < 1.29 is 23.7 Å². The zero-order chi connectivity index (χ0) is 23.5. The smallest absolute Gasteiger partial charge is 0.270 e. The van der Waals surface area contributed by atoms with Crippen molar-refractivity contribution in [2.75, 3.05) is 13.7 Å². The number of rotatable bonds is 6. The molecule has 0 spiro atoms. The second-order valence-corrected chi connectivity index (χ2v) is 12.3. The molecule has 0 aliphatic heterocycles. The molecule has 9 atom stereocenters. The van der Waals surface area contributed by atoms with Crippen molar-refractivity contribution in [1.82, 2.24) is 0 Å². The van der Waals surface area contributed by atoms with Crippen molar-refractivity contribution in [2.24, 2.45) is 40.4 Å². The van der Waals surface area contributed by atoms with Gasteiger partial charge in [-0.05, 0) is 91.8 Å². The fraction of sp³-hybridized carbons (Fsp3) is 0.926. The number of fused-ring (bicyclic) bond motifs is 5. The lowest BCUT2D eigenvalue weighted by Crippen LogP contribution is -2.58. The molecule has 3 saturated carbocycles. The summed E-state index contributed by atoms with van der Waals surface area (Å²) in [4.78, 5) is 0. The minimum atomic E-state index is -3.00. The van der Waals surface area contributed by atoms with Crippen molar-refractivity contribution in [1.29, 1.82) is 0 Å². The van der Waals surface area contributed by atoms with E-state index >= 15 is 0 Å². The molecule has 0 aromatic carbocycles. The molecule has 0 unspecified atom stereocenters. The summed E-state index contributed by atoms with van der Waals surface area (Å²) in [6, 6.07) is 0. The summed E-state index contributed by atoms with van der Waals surface area (Å²) in [6.07, 6.45) is 9.76. The molecule has 3 fully saturated rings. The van der Waals surface area contributed by atoms with Crippen LogP contribution in [0.25, 0.3) is 0 Å². The highest BCUT2D eigenvalue weighted by Crippen LogP contribution is 2.68. The van der Waals surface area contributed by atoms with E-state index in [1.54, 1.807) is 0 Å². The fourth-order valence-corrected chi connectivity index (χ4v) is 8.99. The molecule has 184 valence electrons. The first kappa shape index (κ1) is 24.6. The minimum absolute atomic E-state index is 0.00663. The Balaban J connectivity index is 1.63. The average molecular weight is 455 g/mol. The first-order chi connectivity index (χ1) is 14.9. The van der Waals surface area contributed by atoms with E-state index < -0.39 is 18.1 Å². The van der Waals surface area contributed by atoms with Gasteiger partial charge in [-0.3, -0.25) is 0 Å². The highest BCUT2D eigenvalue weighted by atomic mass is 19.3. The lowest BCUT2D eigenvalue weighted by molar-refractivity contribution is -0.151. The van der Waals surface area contributed by atoms with E-state index in [4.69, 9.17) is 9.84 Å². The van der Waals surface area contributed by atoms with E-state index in [1.165, 1.54) is 5.57 Å². The van der Waals surface area contributed by atoms with Crippen LogP contribution in [0.2, 0.25) is 0 Å². The Kier molecular flexibility index (Phi) is 6.38. The lowest BCUT2D eigenvalue weighted by atomic mass is 9.45. The van der Waals surface area contributed by atoms with Gasteiger partial charge in [0, 0.05) is 13.5 Å². The Morgan fingerprint density at radius 3 is 2.59 bits per heavy atom. The third-order valence-corrected chi connectivity index (χ3v) is 10.7. The van der Waals surface area contributed by atoms with E-state index in [0.717, 1.165) is 51.4 Å². The van der Waals surface area contributed by atoms with Gasteiger partial charge in [-0.25, -0.2) is 8.78 Å². The van der Waals surface area contributed by atoms with Crippen LogP contribution in [0.3, 0.4) is 0 Å². The molecule has 0 amide bonds. The van der Waals surface area contributed by atoms with Gasteiger partial charge in [0.2, 0.25) is 0 Å². The van der Waals surface area contributed by atoms with Gasteiger partial charge in [0.15, 0.2) is 0 Å². The summed E-state index contributed by atoms with van der Waals surface area (Å²) in [6.45, 7) is 7.72. The predicted octanol–water partition coefficient (Wildman–Crippen LogP) is 5.99. The van der Waals surface area contributed by atoms with Crippen LogP contribution in [0.4, 0.5) is 8.78 Å². The largest absolute Gasteiger partial charge is 0.390 e. The molecule has 0 aromatic rings. The first-order valence-electron chi connectivity index (χ1n) is 12.9. The summed E-state index contributed by atoms with van der Waals surface area (Å²) in [5, 5.41) is 20.1. The fourth-order valence-electron chi connectivity index (χ4n) is 8.99. The van der Waals surface area contributed by atoms with E-state index in [2.05, 4.69) is 26.8 Å². The number of hydrogen-bond acceptors (Lipinski definition) is 3. The summed E-state index contributed by atoms with van der Waals surface area (Å²) in [7, 11) is 1.82. The second-order valence-electron chi connectivity index (χ2n) is 12.3. The van der Waals surface area contributed by atoms with E-state index in [0.29, 0.717) is 17.8 Å². The summed E-state index contributed by atoms with van der Waals surface area (Å²) < 4.78 is 34.3. The quantitative estimate of drug-likeness (QED) is 0.485. The number of allylic oxidation sites excluding steroid dienone is 1. The first-order valence-corrected chi connectivity index (χ1v) is 12.9. The van der Waals surface area contributed by atoms with Crippen LogP contribution in [0.15, 0.2) is 11.6 Å². The van der Waals surface area contributed by atoms with Crippen LogP contribution in [-0.4, -0.2) is 41.6 Å². The van der Waals surface area contributed by atoms with Gasteiger partial charge < -0.3 is 14.9 Å². The molecule has 0 heterocycles. The number of hydrogen-bond donors (Lipinski definition) is 2. The van der Waals surface area contributed by atoms with Crippen molar-refractivity contribution in [3.8, 4) is 0 Å². The van der Waals surface area contributed by atoms with E-state index in [9.17, 15) is 13.9 Å². The monoisotopic (exact) mass is 454 g/mol. The Labute approximate surface area is 193 Å². The van der Waals surface area contributed by atoms with Gasteiger partial charge in [0.05, 0.1) is 11.7 Å². The third kappa shape index (κ3) is 3.79. The summed E-state index contributed by atoms with van der Waals surface area (Å²) in [5.41, 5.74) is 0.897. The van der Waals surface area contributed by atoms with Crippen LogP contribution < -0.4 is 0 Å². The Morgan fingerprint density at radius 2 is 1.97 bits per heavy atom. The molecule has 4 aliphatic carbocycles. The van der Waals surface area contributed by atoms with Gasteiger partial charge in [-0.1, -0.05) is 39.3 Å². The summed E-state index contributed by atoms with van der Waals surface area (Å²) >= 11 is 0. The van der Waals surface area contributed by atoms with E-state index in [1.807, 2.05) is 14.0 Å². The van der Waals surface area contributed by atoms with Crippen LogP contribution in [0.1, 0.15) is 85.5 Å². The van der Waals surface area contributed by atoms with Crippen molar-refractivity contribution in [3.63, 3.8) is 0 Å². The molecule has 0 bridgehead atoms. The third-order valence-electron chi connectivity index (χ3n) is 10.7. The molecule has 3 nitrogen and oxygen atoms in total. The van der Waals surface area contributed by atoms with Crippen molar-refractivity contribution >= 4 is 0 Å². The van der Waals surface area contributed by atoms with E-state index in [-0.39, 0.29) is 35.2 Å². The van der Waals surface area contributed by atoms with Crippen LogP contribution in [-0.2, 0) is 4.74 Å². The topological polar surface area (TPSA) is 49.7 Å². The number of aliphatic hydroxyl groups is 2. The molecule has 4 rings (SSSR count). The maximum Gasteiger partial charge on any atom is 0.270 e. The maximum atomic E-state index is 14.0. The van der Waals surface area contributed by atoms with Crippen molar-refractivity contribution in [3.05, 3.63) is 11.6 Å². The van der Waals surface area contributed by atoms with Gasteiger partial charge >= 0.3 is 0 Å². The van der Waals surface area contributed by atoms with Crippen LogP contribution in [0, 0.1) is 40.4 Å². The molecule has 0 radical (unpaired) electrons. The molecule has 2 N–H and O–H groups in total. The Hall–Kier alpha value is -0.520. The standard InChI is InChI=1S/C27H44F2O3/c1-6-26(31)12-11-24(3)18(14-26)7-8-19-21-10-9-20(17(2)13-27(28,29)16-30)25(21,4)15-22(32-5)23(19)24/h7,17,19-23,30-31H,6,8-16H2,1-5H3/t17-,19+,20-,21+,22+,23-,24+,25-,26+/m1/s1. The average Bonchev–Trinajstić information content (AvgIpc) is 3.10. The highest BCUT2D eigenvalue weighted by molar-refractivity contribution is 5.28. The number of methoxy groups -OCH3 is 1. The minimum Gasteiger partial charge on any atom is -0.390 e. The van der Waals surface area contributed by atoms with Crippen LogP contribution in [0.5, 0.6) is 0 Å². The van der Waals surface area contributed by atoms with Gasteiger partial charge in [-0.15, -0.1) is 0 Å². The molecule has 4 aliphatic rings. The second kappa shape index (κ2) is 8.30. The predicted molar refractivity (Wildman–Crippen MR) is 122 cm³/mol. The normalized spacial score (nSPS) is 47.3. The maximum absolute atomic E-state index is 14.0. The molecule has 32 heavy (non-hydrogen) atoms. The number of ether oxygens (including phenoxy) is 1. The lowest BCUT2D eigenvalue weighted by Gasteiger charge is -2.61. The molecule has 0 aromatic heterocycles. The Bertz CT molecular complexity index is 738. The van der Waals surface area contributed by atoms with Crippen molar-refractivity contribution in [2.45, 2.75) is 103 Å². The molecule has 5 heteroatoms. The number of alkyl halides is 2. The SMILES string of the molecule is CC[C@]1(O)CC[C@@]2(C)C(=CC[C@@H]3[C@@H]2[C@@H](OC)C[C@]2(C)[C@@H]([C@H](C)CC(F)(F)CO)CC[C@@H]32)C1. The molecular formula is C27H44F2O3. The number of aliphatic hydroxyl groups excluding tert-OH is 1. The highest BCUT2D eigenvalue weighted by Gasteiger charge is 2.63. The Morgan fingerprint density at radius 1 is 1.25 bits per heavy atom. The summed E-state index contributed by atoms with van der Waals surface area (Å²) in [5.74, 6) is -1.43. The van der Waals surface area contributed by atoms with Gasteiger partial charge in [0.25, 0.3) is 5.92 Å².